The van der Waals surface area contributed by atoms with E-state index in [9.17, 15) is 18.0 Å². The van der Waals surface area contributed by atoms with Crippen molar-refractivity contribution in [1.82, 2.24) is 9.88 Å². The molecule has 2 aromatic rings. The summed E-state index contributed by atoms with van der Waals surface area (Å²) in [6.45, 7) is 5.29. The molecule has 0 atom stereocenters. The highest BCUT2D eigenvalue weighted by molar-refractivity contribution is 7.15. The average Bonchev–Trinajstić information content (AvgIpc) is 3.13. The predicted octanol–water partition coefficient (Wildman–Crippen LogP) is 3.33. The van der Waals surface area contributed by atoms with Crippen LogP contribution >= 0.6 is 11.3 Å². The molecule has 3 rings (SSSR count). The van der Waals surface area contributed by atoms with Crippen LogP contribution in [0, 0.1) is 13.8 Å². The molecule has 1 amide bonds. The van der Waals surface area contributed by atoms with Crippen molar-refractivity contribution >= 4 is 22.4 Å². The minimum atomic E-state index is -4.37. The van der Waals surface area contributed by atoms with Gasteiger partial charge in [-0.15, -0.1) is 0 Å². The van der Waals surface area contributed by atoms with Gasteiger partial charge in [-0.2, -0.15) is 13.2 Å². The molecule has 0 radical (unpaired) electrons. The number of rotatable bonds is 2. The molecule has 0 bridgehead atoms. The van der Waals surface area contributed by atoms with Gasteiger partial charge in [-0.1, -0.05) is 11.3 Å². The van der Waals surface area contributed by atoms with Gasteiger partial charge in [-0.3, -0.25) is 4.79 Å². The summed E-state index contributed by atoms with van der Waals surface area (Å²) in [7, 11) is 0. The summed E-state index contributed by atoms with van der Waals surface area (Å²) in [5.74, 6) is 1.14. The second kappa shape index (κ2) is 6.12. The normalized spacial score (nSPS) is 15.9. The van der Waals surface area contributed by atoms with Crippen molar-refractivity contribution in [1.29, 1.82) is 0 Å². The van der Waals surface area contributed by atoms with Gasteiger partial charge in [0.25, 0.3) is 5.91 Å². The quantitative estimate of drug-likeness (QED) is 0.825. The molecule has 130 valence electrons. The lowest BCUT2D eigenvalue weighted by Gasteiger charge is -2.34. The second-order valence-corrected chi connectivity index (χ2v) is 6.62. The third-order valence-electron chi connectivity index (χ3n) is 3.88. The van der Waals surface area contributed by atoms with Crippen LogP contribution in [-0.4, -0.2) is 42.0 Å². The topological polar surface area (TPSA) is 49.6 Å². The number of hydrogen-bond acceptors (Lipinski definition) is 5. The maximum Gasteiger partial charge on any atom is 0.427 e. The highest BCUT2D eigenvalue weighted by Gasteiger charge is 2.34. The Morgan fingerprint density at radius 2 is 1.92 bits per heavy atom. The maximum atomic E-state index is 12.7. The van der Waals surface area contributed by atoms with Crippen molar-refractivity contribution < 1.29 is 22.4 Å². The van der Waals surface area contributed by atoms with Crippen molar-refractivity contribution in [3.63, 3.8) is 0 Å². The number of piperazine rings is 1. The molecule has 2 aromatic heterocycles. The van der Waals surface area contributed by atoms with Crippen molar-refractivity contribution in [2.75, 3.05) is 31.1 Å². The lowest BCUT2D eigenvalue weighted by molar-refractivity contribution is -0.134. The third kappa shape index (κ3) is 3.26. The van der Waals surface area contributed by atoms with Gasteiger partial charge in [0.2, 0.25) is 0 Å². The first-order valence-electron chi connectivity index (χ1n) is 7.40. The largest absolute Gasteiger partial charge is 0.466 e. The minimum absolute atomic E-state index is 0.112. The van der Waals surface area contributed by atoms with Gasteiger partial charge in [-0.05, 0) is 19.9 Å². The molecule has 9 heteroatoms. The number of carbonyl (C=O) groups is 1. The van der Waals surface area contributed by atoms with E-state index in [4.69, 9.17) is 4.42 Å². The highest BCUT2D eigenvalue weighted by Crippen LogP contribution is 2.36. The first-order valence-corrected chi connectivity index (χ1v) is 8.21. The van der Waals surface area contributed by atoms with E-state index in [1.165, 1.54) is 0 Å². The molecular formula is C15H16F3N3O2S. The van der Waals surface area contributed by atoms with Gasteiger partial charge in [0.1, 0.15) is 16.4 Å². The maximum absolute atomic E-state index is 12.7. The van der Waals surface area contributed by atoms with Crippen LogP contribution in [0.15, 0.2) is 16.7 Å². The molecule has 0 aromatic carbocycles. The van der Waals surface area contributed by atoms with Crippen LogP contribution in [0.5, 0.6) is 0 Å². The third-order valence-corrected chi connectivity index (χ3v) is 4.98. The Hall–Kier alpha value is -2.03. The van der Waals surface area contributed by atoms with Crippen LogP contribution in [0.4, 0.5) is 18.3 Å². The molecule has 0 saturated carbocycles. The zero-order chi connectivity index (χ0) is 17.5. The lowest BCUT2D eigenvalue weighted by Crippen LogP contribution is -2.48. The average molecular weight is 359 g/mol. The monoisotopic (exact) mass is 359 g/mol. The van der Waals surface area contributed by atoms with E-state index in [2.05, 4.69) is 4.98 Å². The number of carbonyl (C=O) groups excluding carboxylic acids is 1. The number of thiazole rings is 1. The molecule has 1 aliphatic rings. The second-order valence-electron chi connectivity index (χ2n) is 5.61. The Bertz CT molecular complexity index is 745. The number of furan rings is 1. The Balaban J connectivity index is 1.64. The number of aryl methyl sites for hydroxylation is 2. The van der Waals surface area contributed by atoms with Gasteiger partial charge in [0.05, 0.1) is 11.8 Å². The molecule has 24 heavy (non-hydrogen) atoms. The Labute approximate surface area is 140 Å². The molecule has 0 N–H and O–H groups in total. The van der Waals surface area contributed by atoms with Crippen molar-refractivity contribution in [2.45, 2.75) is 20.0 Å². The summed E-state index contributed by atoms with van der Waals surface area (Å²) in [4.78, 5) is 19.1. The molecule has 5 nitrogen and oxygen atoms in total. The first kappa shape index (κ1) is 16.8. The molecule has 1 saturated heterocycles. The molecule has 0 unspecified atom stereocenters. The molecule has 0 spiro atoms. The molecular weight excluding hydrogens is 343 g/mol. The number of amides is 1. The SMILES string of the molecule is Cc1cc(C(=O)N2CCN(c3ncc(C(F)(F)F)s3)CC2)c(C)o1. The van der Waals surface area contributed by atoms with Gasteiger partial charge in [-0.25, -0.2) is 4.98 Å². The number of alkyl halides is 3. The van der Waals surface area contributed by atoms with E-state index >= 15 is 0 Å². The van der Waals surface area contributed by atoms with E-state index in [0.717, 1.165) is 6.20 Å². The first-order chi connectivity index (χ1) is 11.3. The van der Waals surface area contributed by atoms with Crippen molar-refractivity contribution in [3.05, 3.63) is 34.2 Å². The van der Waals surface area contributed by atoms with Crippen LogP contribution < -0.4 is 4.90 Å². The molecule has 1 fully saturated rings. The van der Waals surface area contributed by atoms with E-state index in [0.29, 0.717) is 59.7 Å². The van der Waals surface area contributed by atoms with Crippen LogP contribution in [-0.2, 0) is 6.18 Å². The number of anilines is 1. The number of halogens is 3. The fraction of sp³-hybridized carbons (Fsp3) is 0.467. The summed E-state index contributed by atoms with van der Waals surface area (Å²) in [6, 6.07) is 1.71. The van der Waals surface area contributed by atoms with Crippen LogP contribution in [0.1, 0.15) is 26.8 Å². The van der Waals surface area contributed by atoms with E-state index in [1.54, 1.807) is 29.7 Å². The van der Waals surface area contributed by atoms with Gasteiger partial charge in [0.15, 0.2) is 5.13 Å². The standard InChI is InChI=1S/C15H16F3N3O2S/c1-9-7-11(10(2)23-9)13(22)20-3-5-21(6-4-20)14-19-8-12(24-14)15(16,17)18/h7-8H,3-6H2,1-2H3. The zero-order valence-electron chi connectivity index (χ0n) is 13.2. The van der Waals surface area contributed by atoms with Gasteiger partial charge >= 0.3 is 6.18 Å². The summed E-state index contributed by atoms with van der Waals surface area (Å²) in [5, 5.41) is 0.338. The Morgan fingerprint density at radius 3 is 2.42 bits per heavy atom. The fourth-order valence-corrected chi connectivity index (χ4v) is 3.49. The minimum Gasteiger partial charge on any atom is -0.466 e. The summed E-state index contributed by atoms with van der Waals surface area (Å²) >= 11 is 0.630. The Morgan fingerprint density at radius 1 is 1.25 bits per heavy atom. The zero-order valence-corrected chi connectivity index (χ0v) is 14.0. The van der Waals surface area contributed by atoms with Crippen LogP contribution in [0.25, 0.3) is 0 Å². The molecule has 0 aliphatic carbocycles. The van der Waals surface area contributed by atoms with Crippen LogP contribution in [0.2, 0.25) is 0 Å². The van der Waals surface area contributed by atoms with Crippen molar-refractivity contribution in [2.24, 2.45) is 0 Å². The molecule has 3 heterocycles. The van der Waals surface area contributed by atoms with Gasteiger partial charge < -0.3 is 14.2 Å². The molecule has 1 aliphatic heterocycles. The number of aromatic nitrogens is 1. The number of hydrogen-bond donors (Lipinski definition) is 0. The lowest BCUT2D eigenvalue weighted by atomic mass is 10.2. The smallest absolute Gasteiger partial charge is 0.427 e. The predicted molar refractivity (Wildman–Crippen MR) is 83.4 cm³/mol. The van der Waals surface area contributed by atoms with Gasteiger partial charge in [0, 0.05) is 26.2 Å². The van der Waals surface area contributed by atoms with E-state index in [1.807, 2.05) is 0 Å². The van der Waals surface area contributed by atoms with Crippen LogP contribution in [0.3, 0.4) is 0 Å². The highest BCUT2D eigenvalue weighted by atomic mass is 32.1. The fourth-order valence-electron chi connectivity index (χ4n) is 2.66. The van der Waals surface area contributed by atoms with E-state index in [-0.39, 0.29) is 5.91 Å². The Kier molecular flexibility index (Phi) is 4.29. The number of nitrogens with zero attached hydrogens (tertiary/aromatic N) is 3. The summed E-state index contributed by atoms with van der Waals surface area (Å²) < 4.78 is 43.3. The van der Waals surface area contributed by atoms with E-state index < -0.39 is 11.1 Å². The van der Waals surface area contributed by atoms with Crippen molar-refractivity contribution in [3.8, 4) is 0 Å². The summed E-state index contributed by atoms with van der Waals surface area (Å²) in [5.41, 5.74) is 0.537. The summed E-state index contributed by atoms with van der Waals surface area (Å²) in [6.07, 6.45) is -3.51.